The summed E-state index contributed by atoms with van der Waals surface area (Å²) in [4.78, 5) is 35.6. The Bertz CT molecular complexity index is 605. The Labute approximate surface area is 142 Å². The molecule has 1 aromatic carbocycles. The number of quaternary nitrogens is 1. The molecule has 0 aliphatic rings. The summed E-state index contributed by atoms with van der Waals surface area (Å²) in [6.07, 6.45) is -0.773. The number of ether oxygens (including phenoxy) is 1. The summed E-state index contributed by atoms with van der Waals surface area (Å²) in [6, 6.07) is 4.01. The van der Waals surface area contributed by atoms with Crippen LogP contribution in [0.1, 0.15) is 23.6 Å². The standard InChI is InChI=1S/C17H25N3O4/c1-6-24-17(23)19-15(22)10-20(5)9-14(21)18-16-12(3)7-11(2)8-13(16)4/h7-8H,6,9-10H2,1-5H3,(H,18,21)(H,19,22,23)/p+1. The molecule has 3 amide bonds. The smallest absolute Gasteiger partial charge is 0.414 e. The highest BCUT2D eigenvalue weighted by molar-refractivity contribution is 5.94. The predicted octanol–water partition coefficient (Wildman–Crippen LogP) is 0.338. The Kier molecular flexibility index (Phi) is 7.38. The fourth-order valence-corrected chi connectivity index (χ4v) is 2.50. The monoisotopic (exact) mass is 336 g/mol. The molecule has 0 aliphatic heterocycles. The number of anilines is 1. The Hall–Kier alpha value is -2.41. The minimum atomic E-state index is -0.773. The van der Waals surface area contributed by atoms with E-state index in [2.05, 4.69) is 15.4 Å². The van der Waals surface area contributed by atoms with Gasteiger partial charge in [-0.3, -0.25) is 14.9 Å². The summed E-state index contributed by atoms with van der Waals surface area (Å²) in [5.74, 6) is -0.673. The van der Waals surface area contributed by atoms with Crippen molar-refractivity contribution in [3.63, 3.8) is 0 Å². The Balaban J connectivity index is 2.53. The second-order valence-corrected chi connectivity index (χ2v) is 5.90. The van der Waals surface area contributed by atoms with Crippen molar-refractivity contribution in [1.82, 2.24) is 5.32 Å². The molecule has 0 aliphatic carbocycles. The molecular formula is C17H26N3O4+. The van der Waals surface area contributed by atoms with Crippen LogP contribution in [0.4, 0.5) is 10.5 Å². The number of aryl methyl sites for hydroxylation is 3. The molecule has 0 radical (unpaired) electrons. The summed E-state index contributed by atoms with van der Waals surface area (Å²) >= 11 is 0. The zero-order chi connectivity index (χ0) is 18.3. The summed E-state index contributed by atoms with van der Waals surface area (Å²) in [7, 11) is 1.71. The van der Waals surface area contributed by atoms with E-state index in [1.54, 1.807) is 14.0 Å². The van der Waals surface area contributed by atoms with Gasteiger partial charge in [-0.15, -0.1) is 0 Å². The molecule has 7 heteroatoms. The van der Waals surface area contributed by atoms with Gasteiger partial charge in [0.2, 0.25) is 0 Å². The fourth-order valence-electron chi connectivity index (χ4n) is 2.50. The molecule has 0 saturated carbocycles. The quantitative estimate of drug-likeness (QED) is 0.699. The van der Waals surface area contributed by atoms with E-state index in [9.17, 15) is 14.4 Å². The van der Waals surface area contributed by atoms with E-state index in [1.807, 2.05) is 32.9 Å². The molecule has 0 aromatic heterocycles. The van der Waals surface area contributed by atoms with Gasteiger partial charge in [-0.25, -0.2) is 4.79 Å². The van der Waals surface area contributed by atoms with E-state index in [4.69, 9.17) is 0 Å². The highest BCUT2D eigenvalue weighted by Crippen LogP contribution is 2.21. The van der Waals surface area contributed by atoms with Crippen molar-refractivity contribution < 1.29 is 24.0 Å². The number of rotatable bonds is 6. The number of benzene rings is 1. The van der Waals surface area contributed by atoms with Gasteiger partial charge in [0.25, 0.3) is 11.8 Å². The molecule has 0 spiro atoms. The maximum Gasteiger partial charge on any atom is 0.414 e. The molecule has 0 heterocycles. The van der Waals surface area contributed by atoms with Gasteiger partial charge in [0, 0.05) is 5.69 Å². The maximum absolute atomic E-state index is 12.2. The van der Waals surface area contributed by atoms with Crippen LogP contribution in [0.15, 0.2) is 12.1 Å². The Morgan fingerprint density at radius 2 is 1.58 bits per heavy atom. The van der Waals surface area contributed by atoms with Crippen molar-refractivity contribution in [3.05, 3.63) is 28.8 Å². The number of imide groups is 1. The van der Waals surface area contributed by atoms with Crippen LogP contribution >= 0.6 is 0 Å². The summed E-state index contributed by atoms with van der Waals surface area (Å²) in [6.45, 7) is 7.85. The molecule has 1 aromatic rings. The van der Waals surface area contributed by atoms with Gasteiger partial charge in [-0.05, 0) is 38.8 Å². The number of carbonyl (C=O) groups excluding carboxylic acids is 3. The van der Waals surface area contributed by atoms with Crippen LogP contribution in [-0.2, 0) is 14.3 Å². The first-order valence-electron chi connectivity index (χ1n) is 7.88. The zero-order valence-electron chi connectivity index (χ0n) is 14.9. The third-order valence-corrected chi connectivity index (χ3v) is 3.38. The highest BCUT2D eigenvalue weighted by atomic mass is 16.5. The lowest BCUT2D eigenvalue weighted by atomic mass is 10.1. The van der Waals surface area contributed by atoms with Crippen molar-refractivity contribution in [2.45, 2.75) is 27.7 Å². The lowest BCUT2D eigenvalue weighted by Crippen LogP contribution is -3.11. The van der Waals surface area contributed by atoms with Crippen molar-refractivity contribution in [1.29, 1.82) is 0 Å². The van der Waals surface area contributed by atoms with Crippen LogP contribution in [0.2, 0.25) is 0 Å². The third-order valence-electron chi connectivity index (χ3n) is 3.38. The Morgan fingerprint density at radius 1 is 1.04 bits per heavy atom. The largest absolute Gasteiger partial charge is 0.450 e. The van der Waals surface area contributed by atoms with E-state index in [0.717, 1.165) is 22.4 Å². The Morgan fingerprint density at radius 3 is 2.12 bits per heavy atom. The number of nitrogens with one attached hydrogen (secondary N) is 3. The van der Waals surface area contributed by atoms with Crippen molar-refractivity contribution in [2.75, 3.05) is 32.1 Å². The molecule has 1 unspecified atom stereocenters. The minimum absolute atomic E-state index is 0.00189. The van der Waals surface area contributed by atoms with Crippen LogP contribution in [-0.4, -0.2) is 44.7 Å². The summed E-state index contributed by atoms with van der Waals surface area (Å²) < 4.78 is 4.63. The van der Waals surface area contributed by atoms with Gasteiger partial charge in [0.05, 0.1) is 13.7 Å². The van der Waals surface area contributed by atoms with Gasteiger partial charge >= 0.3 is 6.09 Å². The molecule has 132 valence electrons. The van der Waals surface area contributed by atoms with Crippen LogP contribution in [0.5, 0.6) is 0 Å². The first kappa shape index (κ1) is 19.6. The van der Waals surface area contributed by atoms with E-state index >= 15 is 0 Å². The number of likely N-dealkylation sites (N-methyl/N-ethyl adjacent to an activating group) is 1. The van der Waals surface area contributed by atoms with Crippen LogP contribution in [0, 0.1) is 20.8 Å². The van der Waals surface area contributed by atoms with Crippen LogP contribution in [0.25, 0.3) is 0 Å². The van der Waals surface area contributed by atoms with E-state index < -0.39 is 12.0 Å². The molecule has 0 saturated heterocycles. The van der Waals surface area contributed by atoms with E-state index in [-0.39, 0.29) is 25.6 Å². The zero-order valence-corrected chi connectivity index (χ0v) is 14.9. The number of hydrogen-bond acceptors (Lipinski definition) is 4. The average molecular weight is 336 g/mol. The molecule has 1 atom stereocenters. The molecule has 7 nitrogen and oxygen atoms in total. The van der Waals surface area contributed by atoms with Crippen molar-refractivity contribution >= 4 is 23.6 Å². The van der Waals surface area contributed by atoms with Gasteiger partial charge in [-0.1, -0.05) is 17.7 Å². The molecule has 3 N–H and O–H groups in total. The SMILES string of the molecule is CCOC(=O)NC(=O)C[NH+](C)CC(=O)Nc1c(C)cc(C)cc1C. The minimum Gasteiger partial charge on any atom is -0.450 e. The highest BCUT2D eigenvalue weighted by Gasteiger charge is 2.17. The fraction of sp³-hybridized carbons (Fsp3) is 0.471. The van der Waals surface area contributed by atoms with Gasteiger partial charge in [0.1, 0.15) is 0 Å². The van der Waals surface area contributed by atoms with Crippen LogP contribution < -0.4 is 15.5 Å². The van der Waals surface area contributed by atoms with Gasteiger partial charge in [0.15, 0.2) is 13.1 Å². The summed E-state index contributed by atoms with van der Waals surface area (Å²) in [5, 5.41) is 4.99. The van der Waals surface area contributed by atoms with Gasteiger partial charge < -0.3 is 15.0 Å². The van der Waals surface area contributed by atoms with Gasteiger partial charge in [-0.2, -0.15) is 0 Å². The first-order valence-corrected chi connectivity index (χ1v) is 7.88. The molecule has 24 heavy (non-hydrogen) atoms. The first-order chi connectivity index (χ1) is 11.2. The third kappa shape index (κ3) is 6.37. The predicted molar refractivity (Wildman–Crippen MR) is 91.1 cm³/mol. The van der Waals surface area contributed by atoms with Crippen LogP contribution in [0.3, 0.4) is 0 Å². The normalized spacial score (nSPS) is 11.5. The number of amides is 3. The number of alkyl carbamates (subject to hydrolysis) is 1. The number of carbonyl (C=O) groups is 3. The molecule has 0 bridgehead atoms. The second-order valence-electron chi connectivity index (χ2n) is 5.90. The average Bonchev–Trinajstić information content (AvgIpc) is 2.42. The summed E-state index contributed by atoms with van der Waals surface area (Å²) in [5.41, 5.74) is 3.94. The second kappa shape index (κ2) is 9.02. The molecule has 0 fully saturated rings. The van der Waals surface area contributed by atoms with Crippen molar-refractivity contribution in [2.24, 2.45) is 0 Å². The maximum atomic E-state index is 12.2. The molecule has 1 rings (SSSR count). The number of hydrogen-bond donors (Lipinski definition) is 3. The lowest BCUT2D eigenvalue weighted by molar-refractivity contribution is -0.862. The van der Waals surface area contributed by atoms with Crippen molar-refractivity contribution in [3.8, 4) is 0 Å². The molecular weight excluding hydrogens is 310 g/mol. The van der Waals surface area contributed by atoms with E-state index in [1.165, 1.54) is 0 Å². The lowest BCUT2D eigenvalue weighted by Gasteiger charge is -2.16. The topological polar surface area (TPSA) is 88.9 Å². The van der Waals surface area contributed by atoms with E-state index in [0.29, 0.717) is 4.90 Å².